The summed E-state index contributed by atoms with van der Waals surface area (Å²) in [6, 6.07) is 23.3. The highest BCUT2D eigenvalue weighted by Gasteiger charge is 2.42. The molecular weight excluding hydrogens is 412 g/mol. The van der Waals surface area contributed by atoms with Crippen molar-refractivity contribution in [3.63, 3.8) is 0 Å². The van der Waals surface area contributed by atoms with Gasteiger partial charge in [-0.05, 0) is 61.0 Å². The summed E-state index contributed by atoms with van der Waals surface area (Å²) in [5.41, 5.74) is 2.58. The lowest BCUT2D eigenvalue weighted by molar-refractivity contribution is -0.120. The number of ether oxygens (including phenoxy) is 1. The van der Waals surface area contributed by atoms with Gasteiger partial charge < -0.3 is 9.64 Å². The predicted octanol–water partition coefficient (Wildman–Crippen LogP) is 5.16. The molecule has 0 spiro atoms. The number of imide groups is 1. The monoisotopic (exact) mass is 432 g/mol. The van der Waals surface area contributed by atoms with Crippen molar-refractivity contribution >= 4 is 40.4 Å². The summed E-state index contributed by atoms with van der Waals surface area (Å²) < 4.78 is 5.52. The lowest BCUT2D eigenvalue weighted by Gasteiger charge is -2.21. The van der Waals surface area contributed by atoms with E-state index in [-0.39, 0.29) is 11.8 Å². The summed E-state index contributed by atoms with van der Waals surface area (Å²) in [4.78, 5) is 30.0. The Morgan fingerprint density at radius 3 is 2.13 bits per heavy atom. The fraction of sp³-hybridized carbons (Fsp3) is 0.120. The summed E-state index contributed by atoms with van der Waals surface area (Å²) in [6.45, 7) is 2.46. The van der Waals surface area contributed by atoms with Crippen LogP contribution in [-0.2, 0) is 9.59 Å². The molecule has 0 aliphatic carbocycles. The summed E-state index contributed by atoms with van der Waals surface area (Å²) in [5, 5.41) is 0.532. The number of anilines is 2. The molecule has 0 fully saturated rings. The third-order valence-electron chi connectivity index (χ3n) is 5.08. The number of halogens is 1. The molecule has 3 aromatic rings. The quantitative estimate of drug-likeness (QED) is 0.505. The largest absolute Gasteiger partial charge is 0.494 e. The van der Waals surface area contributed by atoms with E-state index in [2.05, 4.69) is 0 Å². The first-order valence-electron chi connectivity index (χ1n) is 9.92. The zero-order valence-corrected chi connectivity index (χ0v) is 18.0. The topological polar surface area (TPSA) is 49.9 Å². The van der Waals surface area contributed by atoms with Crippen molar-refractivity contribution in [2.24, 2.45) is 0 Å². The molecule has 0 saturated carbocycles. The highest BCUT2D eigenvalue weighted by atomic mass is 35.5. The highest BCUT2D eigenvalue weighted by molar-refractivity contribution is 6.46. The van der Waals surface area contributed by atoms with Crippen molar-refractivity contribution in [1.29, 1.82) is 0 Å². The molecule has 0 bridgehead atoms. The first kappa shape index (κ1) is 20.7. The minimum Gasteiger partial charge on any atom is -0.494 e. The predicted molar refractivity (Wildman–Crippen MR) is 123 cm³/mol. The van der Waals surface area contributed by atoms with Gasteiger partial charge in [0.2, 0.25) is 0 Å². The van der Waals surface area contributed by atoms with Gasteiger partial charge in [-0.15, -0.1) is 0 Å². The number of amides is 2. The van der Waals surface area contributed by atoms with Crippen LogP contribution in [0.5, 0.6) is 5.75 Å². The number of benzene rings is 3. The summed E-state index contributed by atoms with van der Waals surface area (Å²) in [6.07, 6.45) is 0. The number of hydrogen-bond donors (Lipinski definition) is 0. The van der Waals surface area contributed by atoms with Crippen LogP contribution in [0.2, 0.25) is 5.02 Å². The molecule has 0 radical (unpaired) electrons. The second-order valence-electron chi connectivity index (χ2n) is 7.00. The van der Waals surface area contributed by atoms with Gasteiger partial charge in [0.25, 0.3) is 11.8 Å². The third-order valence-corrected chi connectivity index (χ3v) is 5.33. The van der Waals surface area contributed by atoms with Crippen LogP contribution in [-0.4, -0.2) is 25.5 Å². The molecule has 0 N–H and O–H groups in total. The number of carbonyl (C=O) groups is 2. The van der Waals surface area contributed by atoms with Gasteiger partial charge in [-0.25, -0.2) is 4.90 Å². The van der Waals surface area contributed by atoms with Crippen LogP contribution in [0, 0.1) is 0 Å². The zero-order chi connectivity index (χ0) is 22.0. The molecule has 156 valence electrons. The van der Waals surface area contributed by atoms with Crippen molar-refractivity contribution in [3.05, 3.63) is 95.1 Å². The number of rotatable bonds is 6. The number of nitrogens with zero attached hydrogens (tertiary/aromatic N) is 2. The molecule has 2 amide bonds. The smallest absolute Gasteiger partial charge is 0.282 e. The molecule has 0 atom stereocenters. The third kappa shape index (κ3) is 3.92. The summed E-state index contributed by atoms with van der Waals surface area (Å²) in [5.74, 6) is -0.0621. The van der Waals surface area contributed by atoms with Crippen LogP contribution in [0.1, 0.15) is 12.5 Å². The average Bonchev–Trinajstić information content (AvgIpc) is 3.05. The van der Waals surface area contributed by atoms with E-state index < -0.39 is 0 Å². The second kappa shape index (κ2) is 8.66. The van der Waals surface area contributed by atoms with Crippen molar-refractivity contribution in [1.82, 2.24) is 0 Å². The van der Waals surface area contributed by atoms with Gasteiger partial charge >= 0.3 is 0 Å². The van der Waals surface area contributed by atoms with E-state index in [0.717, 1.165) is 5.69 Å². The second-order valence-corrected chi connectivity index (χ2v) is 7.43. The fourth-order valence-electron chi connectivity index (χ4n) is 3.58. The van der Waals surface area contributed by atoms with Gasteiger partial charge in [-0.2, -0.15) is 0 Å². The van der Waals surface area contributed by atoms with Crippen molar-refractivity contribution < 1.29 is 14.3 Å². The minimum atomic E-state index is -0.387. The van der Waals surface area contributed by atoms with Gasteiger partial charge in [0, 0.05) is 17.8 Å². The van der Waals surface area contributed by atoms with Gasteiger partial charge in [-0.1, -0.05) is 41.9 Å². The Balaban J connectivity index is 1.83. The van der Waals surface area contributed by atoms with E-state index >= 15 is 0 Å². The first-order chi connectivity index (χ1) is 15.0. The van der Waals surface area contributed by atoms with Gasteiger partial charge in [0.15, 0.2) is 0 Å². The Bertz CT molecular complexity index is 1140. The summed E-state index contributed by atoms with van der Waals surface area (Å²) in [7, 11) is 1.79. The maximum Gasteiger partial charge on any atom is 0.282 e. The molecule has 1 aliphatic heterocycles. The van der Waals surface area contributed by atoms with Crippen LogP contribution < -0.4 is 14.5 Å². The van der Waals surface area contributed by atoms with Gasteiger partial charge in [-0.3, -0.25) is 9.59 Å². The molecule has 31 heavy (non-hydrogen) atoms. The minimum absolute atomic E-state index is 0.315. The molecule has 1 aliphatic rings. The Kier molecular flexibility index (Phi) is 5.78. The molecule has 1 heterocycles. The van der Waals surface area contributed by atoms with Crippen LogP contribution in [0.15, 0.2) is 84.6 Å². The lowest BCUT2D eigenvalue weighted by atomic mass is 10.0. The van der Waals surface area contributed by atoms with Crippen LogP contribution >= 0.6 is 11.6 Å². The fourth-order valence-corrected chi connectivity index (χ4v) is 3.71. The number of hydrogen-bond acceptors (Lipinski definition) is 4. The van der Waals surface area contributed by atoms with Crippen LogP contribution in [0.25, 0.3) is 5.57 Å². The Morgan fingerprint density at radius 2 is 1.52 bits per heavy atom. The molecule has 0 aromatic heterocycles. The Labute approximate surface area is 186 Å². The van der Waals surface area contributed by atoms with E-state index in [9.17, 15) is 9.59 Å². The number of likely N-dealkylation sites (N-methyl/N-ethyl adjacent to an activating group) is 1. The molecular formula is C25H21ClN2O3. The van der Waals surface area contributed by atoms with Crippen LogP contribution in [0.4, 0.5) is 11.4 Å². The van der Waals surface area contributed by atoms with E-state index in [0.29, 0.717) is 39.9 Å². The molecule has 3 aromatic carbocycles. The number of para-hydroxylation sites is 1. The van der Waals surface area contributed by atoms with Crippen molar-refractivity contribution in [2.75, 3.05) is 23.5 Å². The molecule has 0 unspecified atom stereocenters. The first-order valence-corrected chi connectivity index (χ1v) is 10.3. The lowest BCUT2D eigenvalue weighted by Crippen LogP contribution is -2.34. The van der Waals surface area contributed by atoms with Gasteiger partial charge in [0.1, 0.15) is 11.4 Å². The average molecular weight is 433 g/mol. The summed E-state index contributed by atoms with van der Waals surface area (Å²) >= 11 is 6.00. The van der Waals surface area contributed by atoms with E-state index in [1.165, 1.54) is 4.90 Å². The maximum atomic E-state index is 13.5. The normalized spacial score (nSPS) is 13.7. The molecule has 0 saturated heterocycles. The van der Waals surface area contributed by atoms with E-state index in [1.54, 1.807) is 60.5 Å². The van der Waals surface area contributed by atoms with E-state index in [4.69, 9.17) is 16.3 Å². The highest BCUT2D eigenvalue weighted by Crippen LogP contribution is 2.36. The van der Waals surface area contributed by atoms with E-state index in [1.807, 2.05) is 37.3 Å². The molecule has 5 nitrogen and oxygen atoms in total. The molecule has 4 rings (SSSR count). The van der Waals surface area contributed by atoms with Crippen LogP contribution in [0.3, 0.4) is 0 Å². The number of carbonyl (C=O) groups excluding carboxylic acids is 2. The molecule has 6 heteroatoms. The van der Waals surface area contributed by atoms with Crippen molar-refractivity contribution in [2.45, 2.75) is 6.92 Å². The Hall–Kier alpha value is -3.57. The zero-order valence-electron chi connectivity index (χ0n) is 17.2. The Morgan fingerprint density at radius 1 is 0.871 bits per heavy atom. The standard InChI is InChI=1S/C25H21ClN2O3/c1-3-31-21-15-9-17(10-16-21)22-23(27(2)19-7-5-4-6-8-19)25(30)28(24(22)29)20-13-11-18(26)12-14-20/h4-16H,3H2,1-2H3. The van der Waals surface area contributed by atoms with Crippen molar-refractivity contribution in [3.8, 4) is 5.75 Å². The van der Waals surface area contributed by atoms with Gasteiger partial charge in [0.05, 0.1) is 17.9 Å². The SMILES string of the molecule is CCOc1ccc(C2=C(N(C)c3ccccc3)C(=O)N(c3ccc(Cl)cc3)C2=O)cc1. The maximum absolute atomic E-state index is 13.5.